The third-order valence-electron chi connectivity index (χ3n) is 3.79. The minimum atomic E-state index is 0.0326. The van der Waals surface area contributed by atoms with Crippen LogP contribution in [0.5, 0.6) is 0 Å². The standard InChI is InChI=1S/C19H21N5OS/c1-14-9-15(2)22-19(21-14)26-13-18(25)23(3)11-16-10-20-24(12-16)17-7-5-4-6-8-17/h4-10,12H,11,13H2,1-3H3. The monoisotopic (exact) mass is 367 g/mol. The van der Waals surface area contributed by atoms with Gasteiger partial charge in [-0.3, -0.25) is 4.79 Å². The first-order valence-corrected chi connectivity index (χ1v) is 9.28. The number of carbonyl (C=O) groups excluding carboxylic acids is 1. The van der Waals surface area contributed by atoms with Crippen molar-refractivity contribution in [2.24, 2.45) is 0 Å². The van der Waals surface area contributed by atoms with Crippen LogP contribution in [0.25, 0.3) is 5.69 Å². The van der Waals surface area contributed by atoms with Crippen LogP contribution < -0.4 is 0 Å². The summed E-state index contributed by atoms with van der Waals surface area (Å²) in [5.74, 6) is 0.344. The van der Waals surface area contributed by atoms with Crippen molar-refractivity contribution in [3.05, 3.63) is 65.7 Å². The lowest BCUT2D eigenvalue weighted by Gasteiger charge is -2.15. The van der Waals surface area contributed by atoms with E-state index in [1.54, 1.807) is 18.1 Å². The van der Waals surface area contributed by atoms with Crippen LogP contribution in [0.4, 0.5) is 0 Å². The lowest BCUT2D eigenvalue weighted by Crippen LogP contribution is -2.27. The molecule has 0 saturated heterocycles. The molecule has 1 aromatic carbocycles. The Balaban J connectivity index is 1.57. The summed E-state index contributed by atoms with van der Waals surface area (Å²) in [6.45, 7) is 4.37. The van der Waals surface area contributed by atoms with Gasteiger partial charge in [0, 0.05) is 36.7 Å². The van der Waals surface area contributed by atoms with Gasteiger partial charge in [0.15, 0.2) is 5.16 Å². The Morgan fingerprint density at radius 1 is 1.15 bits per heavy atom. The maximum absolute atomic E-state index is 12.4. The van der Waals surface area contributed by atoms with Crippen molar-refractivity contribution in [1.82, 2.24) is 24.6 Å². The number of nitrogens with zero attached hydrogens (tertiary/aromatic N) is 5. The topological polar surface area (TPSA) is 63.9 Å². The summed E-state index contributed by atoms with van der Waals surface area (Å²) in [6, 6.07) is 11.8. The van der Waals surface area contributed by atoms with Crippen LogP contribution in [-0.4, -0.2) is 43.4 Å². The Kier molecular flexibility index (Phi) is 5.68. The van der Waals surface area contributed by atoms with Crippen molar-refractivity contribution in [2.45, 2.75) is 25.5 Å². The van der Waals surface area contributed by atoms with Crippen LogP contribution in [0.15, 0.2) is 53.9 Å². The number of amides is 1. The maximum atomic E-state index is 12.4. The van der Waals surface area contributed by atoms with E-state index in [2.05, 4.69) is 15.1 Å². The summed E-state index contributed by atoms with van der Waals surface area (Å²) < 4.78 is 1.81. The first kappa shape index (κ1) is 18.1. The Morgan fingerprint density at radius 2 is 1.85 bits per heavy atom. The molecule has 0 aliphatic heterocycles. The van der Waals surface area contributed by atoms with E-state index in [1.807, 2.05) is 61.1 Å². The third kappa shape index (κ3) is 4.70. The van der Waals surface area contributed by atoms with Crippen molar-refractivity contribution in [1.29, 1.82) is 0 Å². The van der Waals surface area contributed by atoms with Crippen LogP contribution in [0.3, 0.4) is 0 Å². The molecule has 0 unspecified atom stereocenters. The molecule has 0 radical (unpaired) electrons. The first-order valence-electron chi connectivity index (χ1n) is 8.29. The molecular weight excluding hydrogens is 346 g/mol. The van der Waals surface area contributed by atoms with E-state index in [-0.39, 0.29) is 5.91 Å². The predicted molar refractivity (Wildman–Crippen MR) is 102 cm³/mol. The number of hydrogen-bond donors (Lipinski definition) is 0. The highest BCUT2D eigenvalue weighted by Gasteiger charge is 2.12. The lowest BCUT2D eigenvalue weighted by molar-refractivity contribution is -0.127. The minimum absolute atomic E-state index is 0.0326. The highest BCUT2D eigenvalue weighted by Crippen LogP contribution is 2.15. The van der Waals surface area contributed by atoms with Gasteiger partial charge in [0.25, 0.3) is 0 Å². The summed E-state index contributed by atoms with van der Waals surface area (Å²) in [7, 11) is 1.80. The van der Waals surface area contributed by atoms with E-state index >= 15 is 0 Å². The number of para-hydroxylation sites is 1. The average molecular weight is 367 g/mol. The zero-order valence-electron chi connectivity index (χ0n) is 15.1. The van der Waals surface area contributed by atoms with Gasteiger partial charge in [-0.2, -0.15) is 5.10 Å². The van der Waals surface area contributed by atoms with Crippen LogP contribution in [0.2, 0.25) is 0 Å². The fourth-order valence-electron chi connectivity index (χ4n) is 2.52. The molecule has 3 rings (SSSR count). The lowest BCUT2D eigenvalue weighted by atomic mass is 10.3. The highest BCUT2D eigenvalue weighted by molar-refractivity contribution is 7.99. The van der Waals surface area contributed by atoms with Gasteiger partial charge in [0.2, 0.25) is 5.91 Å². The fraction of sp³-hybridized carbons (Fsp3) is 0.263. The first-order chi connectivity index (χ1) is 12.5. The van der Waals surface area contributed by atoms with Crippen molar-refractivity contribution in [3.63, 3.8) is 0 Å². The van der Waals surface area contributed by atoms with Gasteiger partial charge in [0.05, 0.1) is 17.6 Å². The van der Waals surface area contributed by atoms with Crippen LogP contribution in [-0.2, 0) is 11.3 Å². The summed E-state index contributed by atoms with van der Waals surface area (Å²) in [5.41, 5.74) is 3.80. The SMILES string of the molecule is Cc1cc(C)nc(SCC(=O)N(C)Cc2cnn(-c3ccccc3)c2)n1. The van der Waals surface area contributed by atoms with Crippen molar-refractivity contribution in [2.75, 3.05) is 12.8 Å². The molecule has 0 aliphatic carbocycles. The van der Waals surface area contributed by atoms with E-state index < -0.39 is 0 Å². The Morgan fingerprint density at radius 3 is 2.54 bits per heavy atom. The molecule has 26 heavy (non-hydrogen) atoms. The maximum Gasteiger partial charge on any atom is 0.233 e. The van der Waals surface area contributed by atoms with Gasteiger partial charge in [-0.05, 0) is 32.0 Å². The molecular formula is C19H21N5OS. The second-order valence-electron chi connectivity index (χ2n) is 6.10. The number of carbonyl (C=O) groups is 1. The van der Waals surface area contributed by atoms with Crippen LogP contribution in [0.1, 0.15) is 17.0 Å². The molecule has 0 aliphatic rings. The number of thioether (sulfide) groups is 1. The Hall–Kier alpha value is -2.67. The van der Waals surface area contributed by atoms with Crippen LogP contribution in [0, 0.1) is 13.8 Å². The summed E-state index contributed by atoms with van der Waals surface area (Å²) in [4.78, 5) is 22.8. The summed E-state index contributed by atoms with van der Waals surface area (Å²) in [6.07, 6.45) is 3.73. The largest absolute Gasteiger partial charge is 0.341 e. The van der Waals surface area contributed by atoms with E-state index in [4.69, 9.17) is 0 Å². The minimum Gasteiger partial charge on any atom is -0.341 e. The van der Waals surface area contributed by atoms with Crippen LogP contribution >= 0.6 is 11.8 Å². The molecule has 1 amide bonds. The average Bonchev–Trinajstić information content (AvgIpc) is 3.08. The Bertz CT molecular complexity index is 874. The molecule has 2 heterocycles. The second kappa shape index (κ2) is 8.14. The quantitative estimate of drug-likeness (QED) is 0.495. The zero-order valence-corrected chi connectivity index (χ0v) is 15.9. The fourth-order valence-corrected chi connectivity index (χ4v) is 3.41. The molecule has 0 N–H and O–H groups in total. The van der Waals surface area contributed by atoms with E-state index in [1.165, 1.54) is 11.8 Å². The van der Waals surface area contributed by atoms with Gasteiger partial charge in [-0.1, -0.05) is 30.0 Å². The second-order valence-corrected chi connectivity index (χ2v) is 7.04. The molecule has 0 saturated carbocycles. The number of rotatable bonds is 6. The zero-order chi connectivity index (χ0) is 18.5. The number of aryl methyl sites for hydroxylation is 2. The number of hydrogen-bond acceptors (Lipinski definition) is 5. The molecule has 3 aromatic rings. The van der Waals surface area contributed by atoms with Gasteiger partial charge in [-0.25, -0.2) is 14.6 Å². The number of benzene rings is 1. The normalized spacial score (nSPS) is 10.7. The van der Waals surface area contributed by atoms with Gasteiger partial charge < -0.3 is 4.90 Å². The summed E-state index contributed by atoms with van der Waals surface area (Å²) >= 11 is 1.36. The van der Waals surface area contributed by atoms with Crippen molar-refractivity contribution < 1.29 is 4.79 Å². The summed E-state index contributed by atoms with van der Waals surface area (Å²) in [5, 5.41) is 5.01. The molecule has 134 valence electrons. The van der Waals surface area contributed by atoms with Gasteiger partial charge in [0.1, 0.15) is 0 Å². The Labute approximate surface area is 157 Å². The molecule has 0 bridgehead atoms. The molecule has 7 heteroatoms. The highest BCUT2D eigenvalue weighted by atomic mass is 32.2. The van der Waals surface area contributed by atoms with E-state index in [0.29, 0.717) is 17.5 Å². The van der Waals surface area contributed by atoms with E-state index in [0.717, 1.165) is 22.6 Å². The molecule has 0 spiro atoms. The van der Waals surface area contributed by atoms with Gasteiger partial charge in [-0.15, -0.1) is 0 Å². The molecule has 6 nitrogen and oxygen atoms in total. The van der Waals surface area contributed by atoms with Crippen molar-refractivity contribution in [3.8, 4) is 5.69 Å². The smallest absolute Gasteiger partial charge is 0.233 e. The van der Waals surface area contributed by atoms with Crippen molar-refractivity contribution >= 4 is 17.7 Å². The predicted octanol–water partition coefficient (Wildman–Crippen LogP) is 3.03. The molecule has 0 atom stereocenters. The molecule has 0 fully saturated rings. The van der Waals surface area contributed by atoms with Gasteiger partial charge >= 0.3 is 0 Å². The number of aromatic nitrogens is 4. The molecule has 2 aromatic heterocycles. The third-order valence-corrected chi connectivity index (χ3v) is 4.62. The van der Waals surface area contributed by atoms with E-state index in [9.17, 15) is 4.79 Å².